The SMILES string of the molecule is CC(CCCCOC1CCCCO1)OC(=O)/C=C\C(=O)O. The van der Waals surface area contributed by atoms with Crippen molar-refractivity contribution in [2.75, 3.05) is 13.2 Å². The smallest absolute Gasteiger partial charge is 0.331 e. The van der Waals surface area contributed by atoms with Crippen LogP contribution in [0.5, 0.6) is 0 Å². The van der Waals surface area contributed by atoms with Crippen molar-refractivity contribution in [2.24, 2.45) is 0 Å². The molecule has 0 spiro atoms. The maximum atomic E-state index is 11.2. The third-order valence-corrected chi connectivity index (χ3v) is 3.13. The zero-order valence-electron chi connectivity index (χ0n) is 12.5. The van der Waals surface area contributed by atoms with Crippen LogP contribution < -0.4 is 0 Å². The van der Waals surface area contributed by atoms with Crippen LogP contribution in [0, 0.1) is 0 Å². The number of carboxylic acid groups (broad SMARTS) is 1. The Morgan fingerprint density at radius 3 is 2.81 bits per heavy atom. The van der Waals surface area contributed by atoms with Gasteiger partial charge >= 0.3 is 11.9 Å². The van der Waals surface area contributed by atoms with E-state index >= 15 is 0 Å². The molecule has 0 aliphatic carbocycles. The minimum Gasteiger partial charge on any atom is -0.478 e. The Balaban J connectivity index is 2.01. The van der Waals surface area contributed by atoms with Crippen LogP contribution in [-0.4, -0.2) is 42.7 Å². The largest absolute Gasteiger partial charge is 0.478 e. The first-order valence-corrected chi connectivity index (χ1v) is 7.42. The van der Waals surface area contributed by atoms with Gasteiger partial charge in [0.2, 0.25) is 0 Å². The van der Waals surface area contributed by atoms with E-state index in [4.69, 9.17) is 19.3 Å². The summed E-state index contributed by atoms with van der Waals surface area (Å²) >= 11 is 0. The van der Waals surface area contributed by atoms with Gasteiger partial charge < -0.3 is 19.3 Å². The molecule has 1 fully saturated rings. The highest BCUT2D eigenvalue weighted by molar-refractivity contribution is 5.90. The van der Waals surface area contributed by atoms with Gasteiger partial charge in [0, 0.05) is 25.4 Å². The lowest BCUT2D eigenvalue weighted by Crippen LogP contribution is -2.22. The van der Waals surface area contributed by atoms with Crippen molar-refractivity contribution in [3.63, 3.8) is 0 Å². The molecule has 2 atom stereocenters. The first-order chi connectivity index (χ1) is 10.1. The standard InChI is InChI=1S/C15H24O6/c1-12(21-14(18)9-8-13(16)17)6-2-4-10-19-15-7-3-5-11-20-15/h8-9,12,15H,2-7,10-11H2,1H3,(H,16,17)/b9-8-. The number of carboxylic acids is 1. The van der Waals surface area contributed by atoms with Crippen LogP contribution in [0.25, 0.3) is 0 Å². The molecular weight excluding hydrogens is 276 g/mol. The lowest BCUT2D eigenvalue weighted by molar-refractivity contribution is -0.163. The van der Waals surface area contributed by atoms with E-state index in [2.05, 4.69) is 0 Å². The average Bonchev–Trinajstić information content (AvgIpc) is 2.46. The maximum absolute atomic E-state index is 11.2. The highest BCUT2D eigenvalue weighted by Crippen LogP contribution is 2.14. The molecule has 0 radical (unpaired) electrons. The second-order valence-electron chi connectivity index (χ2n) is 5.08. The molecule has 0 aromatic heterocycles. The minimum absolute atomic E-state index is 0.0600. The van der Waals surface area contributed by atoms with Crippen molar-refractivity contribution >= 4 is 11.9 Å². The number of hydrogen-bond acceptors (Lipinski definition) is 5. The zero-order chi connectivity index (χ0) is 15.5. The van der Waals surface area contributed by atoms with Crippen LogP contribution in [0.2, 0.25) is 0 Å². The van der Waals surface area contributed by atoms with Gasteiger partial charge in [-0.15, -0.1) is 0 Å². The molecule has 1 aliphatic rings. The molecule has 0 bridgehead atoms. The highest BCUT2D eigenvalue weighted by Gasteiger charge is 2.13. The summed E-state index contributed by atoms with van der Waals surface area (Å²) in [7, 11) is 0. The molecule has 0 amide bonds. The van der Waals surface area contributed by atoms with E-state index in [1.165, 1.54) is 0 Å². The first-order valence-electron chi connectivity index (χ1n) is 7.42. The molecule has 120 valence electrons. The van der Waals surface area contributed by atoms with Gasteiger partial charge in [-0.3, -0.25) is 0 Å². The van der Waals surface area contributed by atoms with E-state index < -0.39 is 11.9 Å². The summed E-state index contributed by atoms with van der Waals surface area (Å²) in [5.74, 6) is -1.79. The Hall–Kier alpha value is -1.40. The van der Waals surface area contributed by atoms with Gasteiger partial charge in [0.15, 0.2) is 6.29 Å². The summed E-state index contributed by atoms with van der Waals surface area (Å²) in [6.07, 6.45) is 7.11. The molecule has 0 saturated carbocycles. The summed E-state index contributed by atoms with van der Waals surface area (Å²) in [6, 6.07) is 0. The van der Waals surface area contributed by atoms with Gasteiger partial charge in [0.25, 0.3) is 0 Å². The minimum atomic E-state index is -1.17. The first kappa shape index (κ1) is 17.7. The molecule has 6 nitrogen and oxygen atoms in total. The molecule has 21 heavy (non-hydrogen) atoms. The molecule has 1 N–H and O–H groups in total. The number of carbonyl (C=O) groups is 2. The number of carbonyl (C=O) groups excluding carboxylic acids is 1. The number of aliphatic carboxylic acids is 1. The summed E-state index contributed by atoms with van der Waals surface area (Å²) in [5, 5.41) is 8.39. The number of unbranched alkanes of at least 4 members (excludes halogenated alkanes) is 1. The molecule has 0 aromatic rings. The number of ether oxygens (including phenoxy) is 3. The van der Waals surface area contributed by atoms with Crippen molar-refractivity contribution in [2.45, 2.75) is 57.8 Å². The van der Waals surface area contributed by atoms with Gasteiger partial charge in [-0.25, -0.2) is 9.59 Å². The van der Waals surface area contributed by atoms with Crippen LogP contribution in [0.15, 0.2) is 12.2 Å². The van der Waals surface area contributed by atoms with Crippen molar-refractivity contribution in [3.8, 4) is 0 Å². The topological polar surface area (TPSA) is 82.1 Å². The molecule has 1 aliphatic heterocycles. The van der Waals surface area contributed by atoms with Crippen LogP contribution in [0.3, 0.4) is 0 Å². The van der Waals surface area contributed by atoms with Crippen LogP contribution in [0.4, 0.5) is 0 Å². The molecular formula is C15H24O6. The fourth-order valence-corrected chi connectivity index (χ4v) is 2.03. The predicted molar refractivity (Wildman–Crippen MR) is 75.7 cm³/mol. The zero-order valence-corrected chi connectivity index (χ0v) is 12.5. The fourth-order valence-electron chi connectivity index (χ4n) is 2.03. The summed E-state index contributed by atoms with van der Waals surface area (Å²) < 4.78 is 16.1. The normalized spacial score (nSPS) is 20.3. The summed E-state index contributed by atoms with van der Waals surface area (Å²) in [4.78, 5) is 21.5. The molecule has 1 saturated heterocycles. The molecule has 1 rings (SSSR count). The molecule has 1 heterocycles. The lowest BCUT2D eigenvalue weighted by Gasteiger charge is -2.22. The molecule has 0 aromatic carbocycles. The number of rotatable bonds is 9. The van der Waals surface area contributed by atoms with E-state index in [0.29, 0.717) is 6.61 Å². The quantitative estimate of drug-likeness (QED) is 0.399. The molecule has 6 heteroatoms. The lowest BCUT2D eigenvalue weighted by atomic mass is 10.2. The van der Waals surface area contributed by atoms with E-state index in [1.54, 1.807) is 6.92 Å². The van der Waals surface area contributed by atoms with Crippen molar-refractivity contribution in [1.29, 1.82) is 0 Å². The van der Waals surface area contributed by atoms with Gasteiger partial charge in [0.1, 0.15) is 0 Å². The van der Waals surface area contributed by atoms with Crippen molar-refractivity contribution in [3.05, 3.63) is 12.2 Å². The number of esters is 1. The Kier molecular flexibility index (Phi) is 8.69. The Morgan fingerprint density at radius 2 is 2.14 bits per heavy atom. The van der Waals surface area contributed by atoms with Gasteiger partial charge in [-0.05, 0) is 45.4 Å². The summed E-state index contributed by atoms with van der Waals surface area (Å²) in [6.45, 7) is 3.21. The molecule has 2 unspecified atom stereocenters. The second-order valence-corrected chi connectivity index (χ2v) is 5.08. The van der Waals surface area contributed by atoms with E-state index in [0.717, 1.165) is 57.3 Å². The van der Waals surface area contributed by atoms with Gasteiger partial charge in [-0.2, -0.15) is 0 Å². The fraction of sp³-hybridized carbons (Fsp3) is 0.733. The van der Waals surface area contributed by atoms with Gasteiger partial charge in [-0.1, -0.05) is 0 Å². The van der Waals surface area contributed by atoms with Crippen molar-refractivity contribution in [1.82, 2.24) is 0 Å². The second kappa shape index (κ2) is 10.3. The van der Waals surface area contributed by atoms with E-state index in [9.17, 15) is 9.59 Å². The Morgan fingerprint density at radius 1 is 1.33 bits per heavy atom. The van der Waals surface area contributed by atoms with Crippen molar-refractivity contribution < 1.29 is 28.9 Å². The van der Waals surface area contributed by atoms with Gasteiger partial charge in [0.05, 0.1) is 6.10 Å². The van der Waals surface area contributed by atoms with E-state index in [1.807, 2.05) is 0 Å². The summed E-state index contributed by atoms with van der Waals surface area (Å²) in [5.41, 5.74) is 0. The third-order valence-electron chi connectivity index (χ3n) is 3.13. The highest BCUT2D eigenvalue weighted by atomic mass is 16.7. The Bertz CT molecular complexity index is 346. The van der Waals surface area contributed by atoms with Crippen LogP contribution in [0.1, 0.15) is 45.4 Å². The average molecular weight is 300 g/mol. The van der Waals surface area contributed by atoms with E-state index in [-0.39, 0.29) is 12.4 Å². The van der Waals surface area contributed by atoms with Crippen LogP contribution >= 0.6 is 0 Å². The predicted octanol–water partition coefficient (Wildman–Crippen LogP) is 2.27. The monoisotopic (exact) mass is 300 g/mol. The third kappa shape index (κ3) is 9.20. The maximum Gasteiger partial charge on any atom is 0.331 e. The van der Waals surface area contributed by atoms with Crippen LogP contribution in [-0.2, 0) is 23.8 Å². The Labute approximate surface area is 125 Å². The number of hydrogen-bond donors (Lipinski definition) is 1.